The van der Waals surface area contributed by atoms with Gasteiger partial charge in [0.25, 0.3) is 0 Å². The molecule has 0 heterocycles. The Kier molecular flexibility index (Phi) is 3.98. The van der Waals surface area contributed by atoms with Crippen molar-refractivity contribution < 1.29 is 14.8 Å². The smallest absolute Gasteiger partial charge is 0.217 e. The average molecular weight is 223 g/mol. The molecule has 1 aromatic carbocycles. The van der Waals surface area contributed by atoms with Crippen LogP contribution in [0.25, 0.3) is 0 Å². The first kappa shape index (κ1) is 12.2. The number of nitrogens with zero attached hydrogens (tertiary/aromatic N) is 1. The van der Waals surface area contributed by atoms with Gasteiger partial charge in [-0.25, -0.2) is 0 Å². The third-order valence-electron chi connectivity index (χ3n) is 1.89. The second-order valence-corrected chi connectivity index (χ2v) is 3.16. The molecule has 0 spiro atoms. The molecule has 0 aromatic heterocycles. The number of rotatable bonds is 4. The molecule has 0 radical (unpaired) electrons. The number of carbonyl (C=O) groups is 2. The van der Waals surface area contributed by atoms with E-state index in [4.69, 9.17) is 5.21 Å². The zero-order chi connectivity index (χ0) is 12.1. The third-order valence-corrected chi connectivity index (χ3v) is 1.89. The summed E-state index contributed by atoms with van der Waals surface area (Å²) in [6.45, 7) is 1.17. The highest BCUT2D eigenvalue weighted by Gasteiger charge is 2.07. The van der Waals surface area contributed by atoms with Gasteiger partial charge in [0.05, 0.1) is 12.2 Å². The lowest BCUT2D eigenvalue weighted by Crippen LogP contribution is -2.27. The Morgan fingerprint density at radius 1 is 1.50 bits per heavy atom. The highest BCUT2D eigenvalue weighted by atomic mass is 16.8. The second kappa shape index (κ2) is 5.24. The van der Waals surface area contributed by atoms with Crippen LogP contribution in [0, 0.1) is 5.21 Å². The summed E-state index contributed by atoms with van der Waals surface area (Å²) in [5.74, 6) is -0.643. The molecule has 0 aliphatic rings. The second-order valence-electron chi connectivity index (χ2n) is 3.16. The predicted octanol–water partition coefficient (Wildman–Crippen LogP) is 0.699. The third kappa shape index (κ3) is 3.34. The summed E-state index contributed by atoms with van der Waals surface area (Å²) >= 11 is 0. The van der Waals surface area contributed by atoms with E-state index in [1.807, 2.05) is 0 Å². The topological polar surface area (TPSA) is 92.7 Å². The van der Waals surface area contributed by atoms with Crippen LogP contribution in [0.15, 0.2) is 24.3 Å². The molecule has 16 heavy (non-hydrogen) atoms. The SMILES string of the molecule is CC(=O)NCC(=O)c1cccc(N([O-])O)c1. The number of hydrogen-bond acceptors (Lipinski definition) is 5. The number of ketones is 1. The van der Waals surface area contributed by atoms with Crippen molar-refractivity contribution in [3.8, 4) is 0 Å². The largest absolute Gasteiger partial charge is 0.733 e. The number of anilines is 1. The lowest BCUT2D eigenvalue weighted by atomic mass is 10.1. The van der Waals surface area contributed by atoms with E-state index in [1.54, 1.807) is 0 Å². The number of nitrogens with one attached hydrogen (secondary N) is 1. The summed E-state index contributed by atoms with van der Waals surface area (Å²) in [5.41, 5.74) is 0.217. The van der Waals surface area contributed by atoms with E-state index < -0.39 is 0 Å². The van der Waals surface area contributed by atoms with Crippen molar-refractivity contribution in [1.82, 2.24) is 5.32 Å². The molecule has 2 N–H and O–H groups in total. The molecule has 0 aliphatic heterocycles. The van der Waals surface area contributed by atoms with Crippen LogP contribution in [-0.4, -0.2) is 23.4 Å². The van der Waals surface area contributed by atoms with Crippen LogP contribution in [0.1, 0.15) is 17.3 Å². The van der Waals surface area contributed by atoms with Crippen molar-refractivity contribution in [3.05, 3.63) is 35.0 Å². The summed E-state index contributed by atoms with van der Waals surface area (Å²) in [6.07, 6.45) is 0. The van der Waals surface area contributed by atoms with Gasteiger partial charge in [-0.15, -0.1) is 0 Å². The molecule has 0 atom stereocenters. The molecular weight excluding hydrogens is 212 g/mol. The molecule has 0 saturated carbocycles. The van der Waals surface area contributed by atoms with Crippen molar-refractivity contribution in [1.29, 1.82) is 0 Å². The Balaban J connectivity index is 2.75. The van der Waals surface area contributed by atoms with E-state index >= 15 is 0 Å². The Morgan fingerprint density at radius 3 is 2.75 bits per heavy atom. The van der Waals surface area contributed by atoms with E-state index in [9.17, 15) is 14.8 Å². The fraction of sp³-hybridized carbons (Fsp3) is 0.200. The minimum Gasteiger partial charge on any atom is -0.733 e. The van der Waals surface area contributed by atoms with Gasteiger partial charge >= 0.3 is 0 Å². The van der Waals surface area contributed by atoms with Gasteiger partial charge in [0.2, 0.25) is 5.91 Å². The Morgan fingerprint density at radius 2 is 2.19 bits per heavy atom. The van der Waals surface area contributed by atoms with Crippen molar-refractivity contribution in [2.24, 2.45) is 0 Å². The molecule has 86 valence electrons. The van der Waals surface area contributed by atoms with Crippen molar-refractivity contribution >= 4 is 17.4 Å². The first-order chi connectivity index (χ1) is 7.50. The van der Waals surface area contributed by atoms with Crippen LogP contribution in [0.5, 0.6) is 0 Å². The fourth-order valence-corrected chi connectivity index (χ4v) is 1.11. The van der Waals surface area contributed by atoms with Crippen molar-refractivity contribution in [3.63, 3.8) is 0 Å². The Labute approximate surface area is 92.0 Å². The van der Waals surface area contributed by atoms with Crippen molar-refractivity contribution in [2.75, 3.05) is 11.8 Å². The predicted molar refractivity (Wildman–Crippen MR) is 57.1 cm³/mol. The van der Waals surface area contributed by atoms with E-state index in [1.165, 1.54) is 31.2 Å². The minimum atomic E-state index is -0.334. The molecule has 0 fully saturated rings. The average Bonchev–Trinajstić information content (AvgIpc) is 2.26. The first-order valence-corrected chi connectivity index (χ1v) is 4.54. The van der Waals surface area contributed by atoms with E-state index in [0.29, 0.717) is 0 Å². The summed E-state index contributed by atoms with van der Waals surface area (Å²) in [4.78, 5) is 22.1. The monoisotopic (exact) mass is 223 g/mol. The fourth-order valence-electron chi connectivity index (χ4n) is 1.11. The molecule has 0 saturated heterocycles. The van der Waals surface area contributed by atoms with Gasteiger partial charge in [-0.3, -0.25) is 14.8 Å². The van der Waals surface area contributed by atoms with Gasteiger partial charge in [-0.1, -0.05) is 12.1 Å². The highest BCUT2D eigenvalue weighted by Crippen LogP contribution is 2.13. The summed E-state index contributed by atoms with van der Waals surface area (Å²) in [5, 5.41) is 21.2. The van der Waals surface area contributed by atoms with Crippen LogP contribution >= 0.6 is 0 Å². The lowest BCUT2D eigenvalue weighted by Gasteiger charge is -2.21. The number of benzene rings is 1. The number of amides is 1. The molecule has 6 heteroatoms. The first-order valence-electron chi connectivity index (χ1n) is 4.54. The minimum absolute atomic E-state index is 0.0336. The molecule has 1 rings (SSSR count). The molecular formula is C10H11N2O4-. The van der Waals surface area contributed by atoms with Crippen LogP contribution in [0.4, 0.5) is 5.69 Å². The number of Topliss-reactive ketones (excluding diaryl/α,β-unsaturated/α-hetero) is 1. The van der Waals surface area contributed by atoms with Crippen molar-refractivity contribution in [2.45, 2.75) is 6.92 Å². The van der Waals surface area contributed by atoms with E-state index in [-0.39, 0.29) is 34.7 Å². The summed E-state index contributed by atoms with van der Waals surface area (Å²) in [6, 6.07) is 5.58. The number of carbonyl (C=O) groups excluding carboxylic acids is 2. The quantitative estimate of drug-likeness (QED) is 0.579. The highest BCUT2D eigenvalue weighted by molar-refractivity contribution is 5.99. The van der Waals surface area contributed by atoms with E-state index in [2.05, 4.69) is 5.32 Å². The van der Waals surface area contributed by atoms with Gasteiger partial charge in [0, 0.05) is 12.5 Å². The van der Waals surface area contributed by atoms with Crippen LogP contribution in [0.3, 0.4) is 0 Å². The Hall–Kier alpha value is -1.92. The zero-order valence-corrected chi connectivity index (χ0v) is 8.64. The van der Waals surface area contributed by atoms with Crippen LogP contribution in [0.2, 0.25) is 0 Å². The number of hydrogen-bond donors (Lipinski definition) is 2. The summed E-state index contributed by atoms with van der Waals surface area (Å²) < 4.78 is 0. The standard InChI is InChI=1S/C10H11N2O4/c1-7(13)11-6-10(14)8-3-2-4-9(5-8)12(15)16/h2-5,15H,6H2,1H3,(H,11,13)/q-1. The normalized spacial score (nSPS) is 9.69. The maximum Gasteiger partial charge on any atom is 0.217 e. The molecule has 6 nitrogen and oxygen atoms in total. The molecule has 0 aliphatic carbocycles. The van der Waals surface area contributed by atoms with Gasteiger partial charge in [0.15, 0.2) is 5.78 Å². The van der Waals surface area contributed by atoms with E-state index in [0.717, 1.165) is 0 Å². The molecule has 1 amide bonds. The summed E-state index contributed by atoms with van der Waals surface area (Å²) in [7, 11) is 0. The van der Waals surface area contributed by atoms with Gasteiger partial charge in [-0.2, -0.15) is 0 Å². The van der Waals surface area contributed by atoms with Crippen LogP contribution in [-0.2, 0) is 4.79 Å². The molecule has 0 unspecified atom stereocenters. The van der Waals surface area contributed by atoms with Crippen LogP contribution < -0.4 is 10.5 Å². The van der Waals surface area contributed by atoms with Gasteiger partial charge in [-0.05, 0) is 12.1 Å². The Bertz CT molecular complexity index is 404. The van der Waals surface area contributed by atoms with Gasteiger partial charge < -0.3 is 15.8 Å². The zero-order valence-electron chi connectivity index (χ0n) is 8.64. The van der Waals surface area contributed by atoms with Gasteiger partial charge in [0.1, 0.15) is 0 Å². The molecule has 1 aromatic rings. The maximum absolute atomic E-state index is 11.5. The molecule has 0 bridgehead atoms. The lowest BCUT2D eigenvalue weighted by molar-refractivity contribution is -0.118. The maximum atomic E-state index is 11.5.